The molecular formula is C14H18F2N2OS. The lowest BCUT2D eigenvalue weighted by molar-refractivity contribution is 0.0525. The van der Waals surface area contributed by atoms with Gasteiger partial charge in [-0.25, -0.2) is 8.78 Å². The molecule has 0 aromatic heterocycles. The minimum atomic E-state index is -0.978. The number of ether oxygens (including phenoxy) is 1. The van der Waals surface area contributed by atoms with Crippen LogP contribution in [0.3, 0.4) is 0 Å². The van der Waals surface area contributed by atoms with E-state index in [0.29, 0.717) is 19.7 Å². The zero-order valence-corrected chi connectivity index (χ0v) is 12.2. The topological polar surface area (TPSA) is 38.5 Å². The number of halogens is 2. The smallest absolute Gasteiger partial charge is 0.182 e. The van der Waals surface area contributed by atoms with E-state index in [0.717, 1.165) is 12.8 Å². The molecule has 1 aromatic rings. The van der Waals surface area contributed by atoms with Crippen LogP contribution in [0.4, 0.5) is 14.5 Å². The lowest BCUT2D eigenvalue weighted by atomic mass is 10.1. The first-order valence-corrected chi connectivity index (χ1v) is 7.09. The number of benzene rings is 1. The second-order valence-corrected chi connectivity index (χ2v) is 5.23. The summed E-state index contributed by atoms with van der Waals surface area (Å²) in [6, 6.07) is 2.96. The van der Waals surface area contributed by atoms with Crippen molar-refractivity contribution in [1.82, 2.24) is 0 Å². The summed E-state index contributed by atoms with van der Waals surface area (Å²) >= 11 is 4.70. The van der Waals surface area contributed by atoms with Gasteiger partial charge in [-0.1, -0.05) is 12.2 Å². The van der Waals surface area contributed by atoms with E-state index in [9.17, 15) is 8.78 Å². The number of hydrogen-bond donors (Lipinski definition) is 1. The Morgan fingerprint density at radius 2 is 2.20 bits per heavy atom. The van der Waals surface area contributed by atoms with Crippen LogP contribution in [0.1, 0.15) is 25.3 Å². The number of piperidine rings is 1. The zero-order chi connectivity index (χ0) is 14.7. The zero-order valence-electron chi connectivity index (χ0n) is 11.4. The molecule has 1 fully saturated rings. The van der Waals surface area contributed by atoms with Gasteiger partial charge in [-0.05, 0) is 31.9 Å². The van der Waals surface area contributed by atoms with Crippen molar-refractivity contribution in [3.05, 3.63) is 29.3 Å². The standard InChI is InChI=1S/C14H18F2N2OS/c1-2-19-9-4-3-7-18(8-9)11-6-5-10(14(17)20)12(15)13(11)16/h5-6,9H,2-4,7-8H2,1H3,(H2,17,20). The predicted octanol–water partition coefficient (Wildman–Crippen LogP) is 2.60. The molecule has 2 N–H and O–H groups in total. The first-order chi connectivity index (χ1) is 9.54. The molecule has 1 unspecified atom stereocenters. The van der Waals surface area contributed by atoms with Gasteiger partial charge in [0.1, 0.15) is 4.99 Å². The van der Waals surface area contributed by atoms with Crippen LogP contribution in [0.25, 0.3) is 0 Å². The monoisotopic (exact) mass is 300 g/mol. The van der Waals surface area contributed by atoms with E-state index >= 15 is 0 Å². The molecule has 1 aromatic carbocycles. The molecular weight excluding hydrogens is 282 g/mol. The van der Waals surface area contributed by atoms with Crippen molar-refractivity contribution in [1.29, 1.82) is 0 Å². The molecule has 1 aliphatic heterocycles. The van der Waals surface area contributed by atoms with E-state index < -0.39 is 11.6 Å². The van der Waals surface area contributed by atoms with Crippen LogP contribution in [-0.2, 0) is 4.74 Å². The van der Waals surface area contributed by atoms with Gasteiger partial charge in [-0.3, -0.25) is 0 Å². The molecule has 0 spiro atoms. The quantitative estimate of drug-likeness (QED) is 0.868. The Bertz CT molecular complexity index is 508. The third kappa shape index (κ3) is 3.07. The van der Waals surface area contributed by atoms with Gasteiger partial charge < -0.3 is 15.4 Å². The van der Waals surface area contributed by atoms with Crippen LogP contribution in [0.5, 0.6) is 0 Å². The van der Waals surface area contributed by atoms with Gasteiger partial charge in [0.2, 0.25) is 0 Å². The van der Waals surface area contributed by atoms with Gasteiger partial charge in [0.15, 0.2) is 11.6 Å². The van der Waals surface area contributed by atoms with Crippen LogP contribution >= 0.6 is 12.2 Å². The van der Waals surface area contributed by atoms with Crippen molar-refractivity contribution in [3.8, 4) is 0 Å². The second-order valence-electron chi connectivity index (χ2n) is 4.79. The Balaban J connectivity index is 2.24. The van der Waals surface area contributed by atoms with Gasteiger partial charge in [0.25, 0.3) is 0 Å². The molecule has 6 heteroatoms. The third-order valence-electron chi connectivity index (χ3n) is 3.45. The maximum atomic E-state index is 14.1. The highest BCUT2D eigenvalue weighted by molar-refractivity contribution is 7.80. The average molecular weight is 300 g/mol. The molecule has 0 aliphatic carbocycles. The third-order valence-corrected chi connectivity index (χ3v) is 3.67. The highest BCUT2D eigenvalue weighted by Gasteiger charge is 2.24. The Morgan fingerprint density at radius 3 is 2.85 bits per heavy atom. The summed E-state index contributed by atoms with van der Waals surface area (Å²) in [4.78, 5) is 1.67. The van der Waals surface area contributed by atoms with Crippen molar-refractivity contribution in [3.63, 3.8) is 0 Å². The molecule has 2 rings (SSSR count). The highest BCUT2D eigenvalue weighted by atomic mass is 32.1. The number of anilines is 1. The fraction of sp³-hybridized carbons (Fsp3) is 0.500. The lowest BCUT2D eigenvalue weighted by Gasteiger charge is -2.34. The number of hydrogen-bond acceptors (Lipinski definition) is 3. The normalized spacial score (nSPS) is 19.1. The van der Waals surface area contributed by atoms with Crippen molar-refractivity contribution >= 4 is 22.9 Å². The Hall–Kier alpha value is -1.27. The molecule has 0 amide bonds. The SMILES string of the molecule is CCOC1CCCN(c2ccc(C(N)=S)c(F)c2F)C1. The summed E-state index contributed by atoms with van der Waals surface area (Å²) in [5, 5.41) is 0. The minimum Gasteiger partial charge on any atom is -0.389 e. The fourth-order valence-electron chi connectivity index (χ4n) is 2.50. The van der Waals surface area contributed by atoms with Crippen molar-refractivity contribution in [2.45, 2.75) is 25.9 Å². The molecule has 1 aliphatic rings. The first kappa shape index (κ1) is 15.1. The first-order valence-electron chi connectivity index (χ1n) is 6.69. The molecule has 20 heavy (non-hydrogen) atoms. The van der Waals surface area contributed by atoms with Crippen LogP contribution < -0.4 is 10.6 Å². The number of nitrogens with two attached hydrogens (primary N) is 1. The van der Waals surface area contributed by atoms with E-state index in [1.54, 1.807) is 0 Å². The number of rotatable bonds is 4. The second kappa shape index (κ2) is 6.45. The summed E-state index contributed by atoms with van der Waals surface area (Å²) in [5.41, 5.74) is 5.55. The van der Waals surface area contributed by atoms with Gasteiger partial charge in [-0.2, -0.15) is 0 Å². The Labute approximate surface area is 122 Å². The summed E-state index contributed by atoms with van der Waals surface area (Å²) in [6.45, 7) is 3.80. The number of thiocarbonyl (C=S) groups is 1. The van der Waals surface area contributed by atoms with E-state index in [4.69, 9.17) is 22.7 Å². The largest absolute Gasteiger partial charge is 0.389 e. The summed E-state index contributed by atoms with van der Waals surface area (Å²) in [6.07, 6.45) is 1.90. The molecule has 0 bridgehead atoms. The van der Waals surface area contributed by atoms with Crippen LogP contribution in [-0.4, -0.2) is 30.8 Å². The van der Waals surface area contributed by atoms with Gasteiger partial charge in [0.05, 0.1) is 11.8 Å². The Morgan fingerprint density at radius 1 is 1.45 bits per heavy atom. The number of nitrogens with zero attached hydrogens (tertiary/aromatic N) is 1. The average Bonchev–Trinajstić information content (AvgIpc) is 2.42. The highest BCUT2D eigenvalue weighted by Crippen LogP contribution is 2.27. The maximum absolute atomic E-state index is 14.1. The molecule has 110 valence electrons. The lowest BCUT2D eigenvalue weighted by Crippen LogP contribution is -2.40. The molecule has 1 atom stereocenters. The van der Waals surface area contributed by atoms with Crippen LogP contribution in [0.15, 0.2) is 12.1 Å². The minimum absolute atomic E-state index is 0.0559. The van der Waals surface area contributed by atoms with Crippen molar-refractivity contribution < 1.29 is 13.5 Å². The van der Waals surface area contributed by atoms with E-state index in [1.807, 2.05) is 11.8 Å². The van der Waals surface area contributed by atoms with E-state index in [-0.39, 0.29) is 22.3 Å². The molecule has 1 saturated heterocycles. The van der Waals surface area contributed by atoms with Crippen molar-refractivity contribution in [2.24, 2.45) is 5.73 Å². The molecule has 1 heterocycles. The van der Waals surface area contributed by atoms with Gasteiger partial charge >= 0.3 is 0 Å². The van der Waals surface area contributed by atoms with E-state index in [2.05, 4.69) is 0 Å². The Kier molecular flexibility index (Phi) is 4.88. The van der Waals surface area contributed by atoms with Gasteiger partial charge in [0, 0.05) is 25.3 Å². The van der Waals surface area contributed by atoms with Crippen molar-refractivity contribution in [2.75, 3.05) is 24.6 Å². The van der Waals surface area contributed by atoms with E-state index in [1.165, 1.54) is 12.1 Å². The summed E-state index contributed by atoms with van der Waals surface area (Å²) < 4.78 is 33.6. The predicted molar refractivity (Wildman–Crippen MR) is 79.1 cm³/mol. The maximum Gasteiger partial charge on any atom is 0.182 e. The summed E-state index contributed by atoms with van der Waals surface area (Å²) in [5.74, 6) is -1.87. The molecule has 3 nitrogen and oxygen atoms in total. The summed E-state index contributed by atoms with van der Waals surface area (Å²) in [7, 11) is 0. The van der Waals surface area contributed by atoms with Crippen LogP contribution in [0.2, 0.25) is 0 Å². The molecule has 0 saturated carbocycles. The molecule has 0 radical (unpaired) electrons. The van der Waals surface area contributed by atoms with Gasteiger partial charge in [-0.15, -0.1) is 0 Å². The fourth-order valence-corrected chi connectivity index (χ4v) is 2.66. The van der Waals surface area contributed by atoms with Crippen LogP contribution in [0, 0.1) is 11.6 Å².